The number of nitrogens with zero attached hydrogens (tertiary/aromatic N) is 4. The van der Waals surface area contributed by atoms with Crippen molar-refractivity contribution in [1.82, 2.24) is 4.98 Å². The minimum atomic E-state index is 0.0120. The van der Waals surface area contributed by atoms with E-state index in [4.69, 9.17) is 0 Å². The van der Waals surface area contributed by atoms with Gasteiger partial charge in [-0.05, 0) is 48.0 Å². The van der Waals surface area contributed by atoms with E-state index in [1.165, 1.54) is 5.56 Å². The normalized spacial score (nSPS) is 12.6. The van der Waals surface area contributed by atoms with E-state index >= 15 is 0 Å². The van der Waals surface area contributed by atoms with Gasteiger partial charge in [0.1, 0.15) is 0 Å². The minimum Gasteiger partial charge on any atom is -0.262 e. The van der Waals surface area contributed by atoms with E-state index in [0.717, 1.165) is 16.8 Å². The number of rotatable bonds is 4. The molecule has 1 aromatic heterocycles. The monoisotopic (exact) mass is 306 g/mol. The Kier molecular flexibility index (Phi) is 5.16. The number of hydrogen-bond acceptors (Lipinski definition) is 4. The van der Waals surface area contributed by atoms with Gasteiger partial charge < -0.3 is 0 Å². The lowest BCUT2D eigenvalue weighted by atomic mass is 9.84. The lowest BCUT2D eigenvalue weighted by Crippen LogP contribution is -2.11. The summed E-state index contributed by atoms with van der Waals surface area (Å²) in [5.41, 5.74) is 4.85. The molecule has 0 aliphatic carbocycles. The zero-order chi connectivity index (χ0) is 16.9. The summed E-state index contributed by atoms with van der Waals surface area (Å²) in [4.78, 5) is 8.54. The number of hydrogen-bond donors (Lipinski definition) is 0. The lowest BCUT2D eigenvalue weighted by Gasteiger charge is -2.21. The van der Waals surface area contributed by atoms with E-state index < -0.39 is 0 Å². The highest BCUT2D eigenvalue weighted by Gasteiger charge is 2.17. The molecule has 0 aliphatic heterocycles. The summed E-state index contributed by atoms with van der Waals surface area (Å²) in [5.74, 6) is 0. The Morgan fingerprint density at radius 2 is 1.96 bits per heavy atom. The fraction of sp³-hybridized carbons (Fsp3) is 0.263. The van der Waals surface area contributed by atoms with Gasteiger partial charge in [0.2, 0.25) is 0 Å². The molecule has 0 fully saturated rings. The van der Waals surface area contributed by atoms with Gasteiger partial charge in [0, 0.05) is 24.4 Å². The molecule has 0 radical (unpaired) electrons. The summed E-state index contributed by atoms with van der Waals surface area (Å²) < 4.78 is 0. The standard InChI is InChI=1S/C19H22N4/c1-19(2,3)16-11-14(17-8-6-7-9-22-17)10-15(12-16)18(20-4)13-23-21-5/h6-13H,4H2,1-3,5H3/b18-13-,23-21?. The highest BCUT2D eigenvalue weighted by molar-refractivity contribution is 5.73. The van der Waals surface area contributed by atoms with E-state index in [-0.39, 0.29) is 5.41 Å². The predicted octanol–water partition coefficient (Wildman–Crippen LogP) is 5.13. The van der Waals surface area contributed by atoms with Gasteiger partial charge in [-0.25, -0.2) is 0 Å². The fourth-order valence-corrected chi connectivity index (χ4v) is 2.21. The van der Waals surface area contributed by atoms with Crippen LogP contribution in [-0.4, -0.2) is 18.7 Å². The van der Waals surface area contributed by atoms with Gasteiger partial charge in [-0.1, -0.05) is 26.8 Å². The zero-order valence-corrected chi connectivity index (χ0v) is 14.1. The Balaban J connectivity index is 2.65. The van der Waals surface area contributed by atoms with Crippen LogP contribution in [0.2, 0.25) is 0 Å². The molecule has 0 bridgehead atoms. The van der Waals surface area contributed by atoms with Crippen LogP contribution in [0.1, 0.15) is 31.9 Å². The summed E-state index contributed by atoms with van der Waals surface area (Å²) in [6.07, 6.45) is 3.42. The van der Waals surface area contributed by atoms with Crippen molar-refractivity contribution in [3.8, 4) is 11.3 Å². The first kappa shape index (κ1) is 16.7. The fourth-order valence-electron chi connectivity index (χ4n) is 2.21. The largest absolute Gasteiger partial charge is 0.262 e. The van der Waals surface area contributed by atoms with Crippen molar-refractivity contribution in [2.24, 2.45) is 15.2 Å². The van der Waals surface area contributed by atoms with Crippen LogP contribution >= 0.6 is 0 Å². The Hall–Kier alpha value is -2.62. The summed E-state index contributed by atoms with van der Waals surface area (Å²) in [7, 11) is 1.63. The van der Waals surface area contributed by atoms with Gasteiger partial charge in [-0.3, -0.25) is 9.98 Å². The summed E-state index contributed by atoms with van der Waals surface area (Å²) in [5, 5.41) is 7.68. The molecule has 0 saturated heterocycles. The third-order valence-corrected chi connectivity index (χ3v) is 3.52. The number of azo groups is 1. The van der Waals surface area contributed by atoms with Crippen molar-refractivity contribution in [3.05, 3.63) is 59.9 Å². The smallest absolute Gasteiger partial charge is 0.0896 e. The van der Waals surface area contributed by atoms with Crippen LogP contribution in [0.3, 0.4) is 0 Å². The maximum atomic E-state index is 4.45. The molecule has 118 valence electrons. The molecule has 2 rings (SSSR count). The third kappa shape index (κ3) is 4.19. The van der Waals surface area contributed by atoms with Gasteiger partial charge in [0.25, 0.3) is 0 Å². The van der Waals surface area contributed by atoms with Crippen molar-refractivity contribution >= 4 is 12.4 Å². The Morgan fingerprint density at radius 3 is 2.52 bits per heavy atom. The van der Waals surface area contributed by atoms with E-state index in [0.29, 0.717) is 5.70 Å². The molecule has 0 N–H and O–H groups in total. The van der Waals surface area contributed by atoms with Crippen molar-refractivity contribution in [3.63, 3.8) is 0 Å². The highest BCUT2D eigenvalue weighted by atomic mass is 15.1. The maximum absolute atomic E-state index is 4.45. The van der Waals surface area contributed by atoms with E-state index in [9.17, 15) is 0 Å². The molecular weight excluding hydrogens is 284 g/mol. The predicted molar refractivity (Wildman–Crippen MR) is 96.7 cm³/mol. The van der Waals surface area contributed by atoms with Crippen LogP contribution in [-0.2, 0) is 5.41 Å². The summed E-state index contributed by atoms with van der Waals surface area (Å²) in [6.45, 7) is 10.2. The van der Waals surface area contributed by atoms with Crippen LogP contribution in [0.25, 0.3) is 17.0 Å². The van der Waals surface area contributed by atoms with E-state index in [1.807, 2.05) is 18.2 Å². The Labute approximate surface area is 137 Å². The van der Waals surface area contributed by atoms with Gasteiger partial charge in [0.05, 0.1) is 17.6 Å². The molecule has 2 aromatic rings. The second-order valence-corrected chi connectivity index (χ2v) is 6.25. The van der Waals surface area contributed by atoms with Crippen LogP contribution in [0.4, 0.5) is 0 Å². The number of aromatic nitrogens is 1. The highest BCUT2D eigenvalue weighted by Crippen LogP contribution is 2.31. The number of aliphatic imine (C=N–C) groups is 1. The van der Waals surface area contributed by atoms with Crippen molar-refractivity contribution in [2.75, 3.05) is 7.05 Å². The second kappa shape index (κ2) is 7.09. The first-order valence-electron chi connectivity index (χ1n) is 7.49. The third-order valence-electron chi connectivity index (χ3n) is 3.52. The Bertz CT molecular complexity index is 738. The molecule has 0 spiro atoms. The first-order valence-corrected chi connectivity index (χ1v) is 7.49. The molecule has 0 amide bonds. The quantitative estimate of drug-likeness (QED) is 0.571. The molecule has 4 nitrogen and oxygen atoms in total. The topological polar surface area (TPSA) is 50.0 Å². The molecule has 23 heavy (non-hydrogen) atoms. The first-order chi connectivity index (χ1) is 11.0. The van der Waals surface area contributed by atoms with Gasteiger partial charge in [-0.2, -0.15) is 10.2 Å². The molecule has 1 aromatic carbocycles. The van der Waals surface area contributed by atoms with Gasteiger partial charge in [0.15, 0.2) is 0 Å². The molecule has 0 unspecified atom stereocenters. The minimum absolute atomic E-state index is 0.0120. The molecular formula is C19H22N4. The van der Waals surface area contributed by atoms with Crippen molar-refractivity contribution < 1.29 is 0 Å². The van der Waals surface area contributed by atoms with Crippen LogP contribution in [0, 0.1) is 0 Å². The molecule has 0 aliphatic rings. The van der Waals surface area contributed by atoms with Crippen LogP contribution in [0.15, 0.2) is 64.0 Å². The summed E-state index contributed by atoms with van der Waals surface area (Å²) >= 11 is 0. The SMILES string of the molecule is C=N/C(=C\N=NC)c1cc(-c2ccccn2)cc(C(C)(C)C)c1. The average Bonchev–Trinajstić information content (AvgIpc) is 2.55. The molecule has 0 saturated carbocycles. The van der Waals surface area contributed by atoms with Crippen molar-refractivity contribution in [1.29, 1.82) is 0 Å². The maximum Gasteiger partial charge on any atom is 0.0896 e. The van der Waals surface area contributed by atoms with E-state index in [2.05, 4.69) is 65.9 Å². The lowest BCUT2D eigenvalue weighted by molar-refractivity contribution is 0.590. The molecule has 4 heteroatoms. The second-order valence-electron chi connectivity index (χ2n) is 6.25. The van der Waals surface area contributed by atoms with Crippen molar-refractivity contribution in [2.45, 2.75) is 26.2 Å². The van der Waals surface area contributed by atoms with E-state index in [1.54, 1.807) is 19.4 Å². The zero-order valence-electron chi connectivity index (χ0n) is 14.1. The molecule has 0 atom stereocenters. The van der Waals surface area contributed by atoms with Crippen LogP contribution in [0.5, 0.6) is 0 Å². The van der Waals surface area contributed by atoms with Crippen LogP contribution < -0.4 is 0 Å². The molecule has 1 heterocycles. The van der Waals surface area contributed by atoms with Gasteiger partial charge >= 0.3 is 0 Å². The summed E-state index contributed by atoms with van der Waals surface area (Å²) in [6, 6.07) is 12.3. The Morgan fingerprint density at radius 1 is 1.17 bits per heavy atom. The average molecular weight is 306 g/mol. The number of pyridine rings is 1. The number of benzene rings is 1. The van der Waals surface area contributed by atoms with Gasteiger partial charge in [-0.15, -0.1) is 0 Å².